The number of hydrogen-bond acceptors (Lipinski definition) is 1. The standard InChI is InChI=1S/C9H14O/c1-9-3-2-7(5-9)4-8(9)6-10/h6-8H,2-5H2,1H3. The molecule has 2 aliphatic carbocycles. The lowest BCUT2D eigenvalue weighted by molar-refractivity contribution is -0.114. The van der Waals surface area contributed by atoms with Crippen LogP contribution in [0.3, 0.4) is 0 Å². The van der Waals surface area contributed by atoms with Gasteiger partial charge in [-0.15, -0.1) is 0 Å². The molecular formula is C9H14O. The second-order valence-corrected chi connectivity index (χ2v) is 4.24. The van der Waals surface area contributed by atoms with Gasteiger partial charge in [0, 0.05) is 5.92 Å². The fourth-order valence-corrected chi connectivity index (χ4v) is 2.80. The summed E-state index contributed by atoms with van der Waals surface area (Å²) in [7, 11) is 0. The summed E-state index contributed by atoms with van der Waals surface area (Å²) >= 11 is 0. The highest BCUT2D eigenvalue weighted by Gasteiger charge is 2.48. The van der Waals surface area contributed by atoms with Gasteiger partial charge in [0.25, 0.3) is 0 Å². The van der Waals surface area contributed by atoms with E-state index in [0.29, 0.717) is 11.3 Å². The summed E-state index contributed by atoms with van der Waals surface area (Å²) in [6.45, 7) is 2.28. The zero-order valence-corrected chi connectivity index (χ0v) is 6.47. The molecule has 0 N–H and O–H groups in total. The van der Waals surface area contributed by atoms with Gasteiger partial charge in [-0.05, 0) is 37.0 Å². The highest BCUT2D eigenvalue weighted by molar-refractivity contribution is 5.56. The van der Waals surface area contributed by atoms with Crippen molar-refractivity contribution in [3.63, 3.8) is 0 Å². The smallest absolute Gasteiger partial charge is 0.123 e. The Morgan fingerprint density at radius 3 is 2.70 bits per heavy atom. The van der Waals surface area contributed by atoms with Gasteiger partial charge in [0.2, 0.25) is 0 Å². The van der Waals surface area contributed by atoms with Gasteiger partial charge in [-0.2, -0.15) is 0 Å². The van der Waals surface area contributed by atoms with Gasteiger partial charge in [0.15, 0.2) is 0 Å². The third-order valence-corrected chi connectivity index (χ3v) is 3.53. The van der Waals surface area contributed by atoms with Crippen LogP contribution in [0.25, 0.3) is 0 Å². The molecule has 0 amide bonds. The molecule has 1 heteroatoms. The number of aldehydes is 1. The van der Waals surface area contributed by atoms with Crippen molar-refractivity contribution in [2.45, 2.75) is 32.6 Å². The fraction of sp³-hybridized carbons (Fsp3) is 0.889. The average Bonchev–Trinajstić information content (AvgIpc) is 2.41. The van der Waals surface area contributed by atoms with E-state index < -0.39 is 0 Å². The lowest BCUT2D eigenvalue weighted by Crippen LogP contribution is -2.22. The lowest BCUT2D eigenvalue weighted by atomic mass is 9.78. The molecule has 3 atom stereocenters. The first-order chi connectivity index (χ1) is 4.74. The molecular weight excluding hydrogens is 124 g/mol. The molecule has 0 radical (unpaired) electrons. The van der Waals surface area contributed by atoms with Gasteiger partial charge < -0.3 is 4.79 Å². The predicted octanol–water partition coefficient (Wildman–Crippen LogP) is 2.01. The molecule has 2 bridgehead atoms. The summed E-state index contributed by atoms with van der Waals surface area (Å²) < 4.78 is 0. The first kappa shape index (κ1) is 6.38. The van der Waals surface area contributed by atoms with Crippen molar-refractivity contribution in [3.05, 3.63) is 0 Å². The van der Waals surface area contributed by atoms with E-state index in [2.05, 4.69) is 6.92 Å². The van der Waals surface area contributed by atoms with Crippen LogP contribution in [0, 0.1) is 17.3 Å². The summed E-state index contributed by atoms with van der Waals surface area (Å²) in [6, 6.07) is 0. The summed E-state index contributed by atoms with van der Waals surface area (Å²) in [5.74, 6) is 1.28. The Balaban J connectivity index is 2.21. The van der Waals surface area contributed by atoms with Crippen LogP contribution in [-0.2, 0) is 4.79 Å². The van der Waals surface area contributed by atoms with Gasteiger partial charge in [-0.3, -0.25) is 0 Å². The van der Waals surface area contributed by atoms with Gasteiger partial charge in [0.1, 0.15) is 6.29 Å². The molecule has 10 heavy (non-hydrogen) atoms. The third kappa shape index (κ3) is 0.664. The van der Waals surface area contributed by atoms with Gasteiger partial charge >= 0.3 is 0 Å². The average molecular weight is 138 g/mol. The third-order valence-electron chi connectivity index (χ3n) is 3.53. The Bertz CT molecular complexity index is 164. The summed E-state index contributed by atoms with van der Waals surface area (Å²) in [5, 5.41) is 0. The maximum Gasteiger partial charge on any atom is 0.123 e. The first-order valence-corrected chi connectivity index (χ1v) is 4.20. The zero-order valence-electron chi connectivity index (χ0n) is 6.47. The monoisotopic (exact) mass is 138 g/mol. The minimum absolute atomic E-state index is 0.395. The molecule has 0 saturated heterocycles. The topological polar surface area (TPSA) is 17.1 Å². The van der Waals surface area contributed by atoms with Crippen molar-refractivity contribution >= 4 is 6.29 Å². The number of fused-ring (bicyclic) bond motifs is 2. The Kier molecular flexibility index (Phi) is 1.17. The van der Waals surface area contributed by atoms with Crippen LogP contribution < -0.4 is 0 Å². The van der Waals surface area contributed by atoms with Crippen molar-refractivity contribution < 1.29 is 4.79 Å². The maximum absolute atomic E-state index is 10.6. The van der Waals surface area contributed by atoms with Gasteiger partial charge in [-0.1, -0.05) is 6.92 Å². The molecule has 0 aromatic carbocycles. The van der Waals surface area contributed by atoms with Crippen LogP contribution in [-0.4, -0.2) is 6.29 Å². The second kappa shape index (κ2) is 1.84. The molecule has 56 valence electrons. The molecule has 2 rings (SSSR count). The molecule has 0 aliphatic heterocycles. The van der Waals surface area contributed by atoms with Crippen molar-refractivity contribution in [3.8, 4) is 0 Å². The van der Waals surface area contributed by atoms with Gasteiger partial charge in [0.05, 0.1) is 0 Å². The minimum atomic E-state index is 0.395. The molecule has 3 unspecified atom stereocenters. The van der Waals surface area contributed by atoms with Gasteiger partial charge in [-0.25, -0.2) is 0 Å². The quantitative estimate of drug-likeness (QED) is 0.506. The SMILES string of the molecule is CC12CCC(CC1C=O)C2. The van der Waals surface area contributed by atoms with E-state index in [4.69, 9.17) is 0 Å². The number of rotatable bonds is 1. The maximum atomic E-state index is 10.6. The number of carbonyl (C=O) groups excluding carboxylic acids is 1. The second-order valence-electron chi connectivity index (χ2n) is 4.24. The van der Waals surface area contributed by atoms with Crippen LogP contribution in [0.4, 0.5) is 0 Å². The highest BCUT2D eigenvalue weighted by Crippen LogP contribution is 2.56. The molecule has 0 aromatic rings. The van der Waals surface area contributed by atoms with Crippen LogP contribution in [0.15, 0.2) is 0 Å². The largest absolute Gasteiger partial charge is 0.303 e. The highest BCUT2D eigenvalue weighted by atomic mass is 16.1. The zero-order chi connectivity index (χ0) is 7.19. The summed E-state index contributed by atoms with van der Waals surface area (Å²) in [5.41, 5.74) is 0.409. The summed E-state index contributed by atoms with van der Waals surface area (Å²) in [6.07, 6.45) is 6.34. The Morgan fingerprint density at radius 1 is 1.60 bits per heavy atom. The molecule has 0 aromatic heterocycles. The normalized spacial score (nSPS) is 51.7. The van der Waals surface area contributed by atoms with E-state index in [1.54, 1.807) is 0 Å². The molecule has 0 heterocycles. The molecule has 2 aliphatic rings. The Hall–Kier alpha value is -0.330. The predicted molar refractivity (Wildman–Crippen MR) is 39.6 cm³/mol. The molecule has 1 nitrogen and oxygen atoms in total. The Morgan fingerprint density at radius 2 is 2.40 bits per heavy atom. The lowest BCUT2D eigenvalue weighted by Gasteiger charge is -2.26. The molecule has 2 saturated carbocycles. The van der Waals surface area contributed by atoms with Crippen molar-refractivity contribution in [1.82, 2.24) is 0 Å². The van der Waals surface area contributed by atoms with Crippen molar-refractivity contribution in [1.29, 1.82) is 0 Å². The van der Waals surface area contributed by atoms with Crippen molar-refractivity contribution in [2.75, 3.05) is 0 Å². The van der Waals surface area contributed by atoms with E-state index in [1.165, 1.54) is 32.0 Å². The van der Waals surface area contributed by atoms with Crippen LogP contribution in [0.2, 0.25) is 0 Å². The number of hydrogen-bond donors (Lipinski definition) is 0. The van der Waals surface area contributed by atoms with Crippen LogP contribution in [0.5, 0.6) is 0 Å². The fourth-order valence-electron chi connectivity index (χ4n) is 2.80. The van der Waals surface area contributed by atoms with Crippen molar-refractivity contribution in [2.24, 2.45) is 17.3 Å². The first-order valence-electron chi connectivity index (χ1n) is 4.20. The van der Waals surface area contributed by atoms with E-state index in [0.717, 1.165) is 5.92 Å². The Labute approximate surface area is 61.8 Å². The van der Waals surface area contributed by atoms with E-state index in [1.807, 2.05) is 0 Å². The molecule has 0 spiro atoms. The van der Waals surface area contributed by atoms with E-state index in [9.17, 15) is 4.79 Å². The van der Waals surface area contributed by atoms with Crippen LogP contribution in [0.1, 0.15) is 32.6 Å². The molecule has 2 fully saturated rings. The van der Waals surface area contributed by atoms with E-state index in [-0.39, 0.29) is 0 Å². The number of carbonyl (C=O) groups is 1. The summed E-state index contributed by atoms with van der Waals surface area (Å²) in [4.78, 5) is 10.6. The van der Waals surface area contributed by atoms with E-state index >= 15 is 0 Å². The van der Waals surface area contributed by atoms with Crippen LogP contribution >= 0.6 is 0 Å². The minimum Gasteiger partial charge on any atom is -0.303 e.